The Balaban J connectivity index is 0.000000135. The van der Waals surface area contributed by atoms with E-state index >= 15 is 0 Å². The summed E-state index contributed by atoms with van der Waals surface area (Å²) < 4.78 is 6.53. The van der Waals surface area contributed by atoms with Crippen molar-refractivity contribution >= 4 is 108 Å². The molecule has 7 heteroatoms. The number of fused-ring (bicyclic) bond motifs is 22. The number of hydrogen-bond donors (Lipinski definition) is 0. The SMILES string of the molecule is CC1(C)c2ccccc2-c2c1c1ccc3cc(-c4nc(-c5ccccc5)nc(-c5ccc6ccccc6c5)n4)ccc3c1c1ccccc21.c1ccc(-c2nc(-c3ccc4ccccc4c3)nc(-c3ccc4c(ccc5c6oc7ccccc7c6c6ccccc6c45)c3)n2)cc1. The van der Waals surface area contributed by atoms with Crippen molar-refractivity contribution in [3.05, 3.63) is 314 Å². The molecular weight excluding hydrogens is 1170 g/mol. The molecule has 7 nitrogen and oxygen atoms in total. The van der Waals surface area contributed by atoms with E-state index in [-0.39, 0.29) is 5.41 Å². The third kappa shape index (κ3) is 8.89. The molecule has 1 aliphatic rings. The van der Waals surface area contributed by atoms with E-state index in [0.717, 1.165) is 82.3 Å². The molecule has 0 amide bonds. The van der Waals surface area contributed by atoms with E-state index in [2.05, 4.69) is 257 Å². The van der Waals surface area contributed by atoms with Crippen molar-refractivity contribution in [3.63, 3.8) is 0 Å². The molecule has 0 atom stereocenters. The second-order valence-corrected chi connectivity index (χ2v) is 25.6. The zero-order valence-electron chi connectivity index (χ0n) is 52.5. The molecular formula is C89H56N6O. The predicted molar refractivity (Wildman–Crippen MR) is 397 cm³/mol. The van der Waals surface area contributed by atoms with Gasteiger partial charge in [-0.25, -0.2) is 29.9 Å². The lowest BCUT2D eigenvalue weighted by Crippen LogP contribution is -2.15. The Labute approximate surface area is 552 Å². The van der Waals surface area contributed by atoms with Gasteiger partial charge in [-0.15, -0.1) is 0 Å². The van der Waals surface area contributed by atoms with Gasteiger partial charge in [-0.3, -0.25) is 0 Å². The van der Waals surface area contributed by atoms with Crippen LogP contribution in [0.15, 0.2) is 308 Å². The lowest BCUT2D eigenvalue weighted by Gasteiger charge is -2.24. The average molecular weight is 1230 g/mol. The fourth-order valence-electron chi connectivity index (χ4n) is 15.2. The molecule has 0 bridgehead atoms. The van der Waals surface area contributed by atoms with E-state index in [9.17, 15) is 0 Å². The number of hydrogen-bond acceptors (Lipinski definition) is 7. The molecule has 0 saturated heterocycles. The van der Waals surface area contributed by atoms with Gasteiger partial charge in [0.15, 0.2) is 34.9 Å². The zero-order valence-corrected chi connectivity index (χ0v) is 52.5. The van der Waals surface area contributed by atoms with E-state index < -0.39 is 0 Å². The highest BCUT2D eigenvalue weighted by Crippen LogP contribution is 2.55. The van der Waals surface area contributed by atoms with Crippen LogP contribution in [0.25, 0.3) is 188 Å². The van der Waals surface area contributed by atoms with Gasteiger partial charge in [-0.05, 0) is 134 Å². The minimum atomic E-state index is -0.111. The first kappa shape index (κ1) is 55.1. The van der Waals surface area contributed by atoms with E-state index in [4.69, 9.17) is 34.3 Å². The highest BCUT2D eigenvalue weighted by molar-refractivity contribution is 6.34. The lowest BCUT2D eigenvalue weighted by molar-refractivity contribution is 0.666. The molecule has 19 aromatic rings. The molecule has 0 unspecified atom stereocenters. The molecule has 0 fully saturated rings. The van der Waals surface area contributed by atoms with Gasteiger partial charge in [0.25, 0.3) is 0 Å². The second kappa shape index (κ2) is 21.8. The fraction of sp³-hybridized carbons (Fsp3) is 0.0337. The summed E-state index contributed by atoms with van der Waals surface area (Å²) in [4.78, 5) is 30.1. The smallest absolute Gasteiger partial charge is 0.164 e. The molecule has 0 saturated carbocycles. The summed E-state index contributed by atoms with van der Waals surface area (Å²) in [5.74, 6) is 3.93. The quantitative estimate of drug-likeness (QED) is 0.153. The van der Waals surface area contributed by atoms with Gasteiger partial charge in [0.2, 0.25) is 0 Å². The summed E-state index contributed by atoms with van der Waals surface area (Å²) in [7, 11) is 0. The number of benzene rings is 16. The molecule has 1 aliphatic carbocycles. The standard InChI is InChI=1S/C46H31N3.C43H25N3O/c1-46(2)39-19-11-10-18-37(39)41-36-17-9-8-16-35(36)40-34-24-23-33(27-31(34)22-25-38(40)42(41)46)45-48-43(29-13-4-3-5-14-29)47-44(49-45)32-21-20-28-12-6-7-15-30(28)26-32;1-2-11-27(12-3-1)41-44-42(30-19-18-26-10-4-5-13-28(26)24-30)46-43(45-41)31-21-22-32-29(25-31)20-23-36-38(32)33-14-6-7-15-34(33)39-35-16-8-9-17-37(35)47-40(36)39/h3-27H,1-2H3;1-25H. The van der Waals surface area contributed by atoms with Gasteiger partial charge in [0.1, 0.15) is 11.2 Å². The van der Waals surface area contributed by atoms with Gasteiger partial charge in [0.05, 0.1) is 0 Å². The van der Waals surface area contributed by atoms with Crippen molar-refractivity contribution in [2.45, 2.75) is 19.3 Å². The molecule has 448 valence electrons. The third-order valence-corrected chi connectivity index (χ3v) is 19.7. The first-order valence-corrected chi connectivity index (χ1v) is 32.7. The van der Waals surface area contributed by atoms with E-state index in [1.807, 2.05) is 60.7 Å². The van der Waals surface area contributed by atoms with Crippen molar-refractivity contribution < 1.29 is 4.42 Å². The lowest BCUT2D eigenvalue weighted by atomic mass is 9.78. The van der Waals surface area contributed by atoms with Crippen LogP contribution >= 0.6 is 0 Å². The van der Waals surface area contributed by atoms with Crippen molar-refractivity contribution in [3.8, 4) is 79.5 Å². The average Bonchev–Trinajstić information content (AvgIpc) is 1.49. The second-order valence-electron chi connectivity index (χ2n) is 25.6. The Hall–Kier alpha value is -12.6. The zero-order chi connectivity index (χ0) is 63.6. The molecule has 96 heavy (non-hydrogen) atoms. The topological polar surface area (TPSA) is 90.5 Å². The Morgan fingerprint density at radius 1 is 0.250 bits per heavy atom. The highest BCUT2D eigenvalue weighted by atomic mass is 16.3. The third-order valence-electron chi connectivity index (χ3n) is 19.7. The number of para-hydroxylation sites is 1. The van der Waals surface area contributed by atoms with Crippen LogP contribution in [0.4, 0.5) is 0 Å². The summed E-state index contributed by atoms with van der Waals surface area (Å²) in [6.45, 7) is 4.74. The molecule has 16 aromatic carbocycles. The van der Waals surface area contributed by atoms with Gasteiger partial charge in [-0.1, -0.05) is 281 Å². The Morgan fingerprint density at radius 2 is 0.615 bits per heavy atom. The molecule has 3 aromatic heterocycles. The molecule has 0 aliphatic heterocycles. The van der Waals surface area contributed by atoms with Gasteiger partial charge >= 0.3 is 0 Å². The monoisotopic (exact) mass is 1220 g/mol. The normalized spacial score (nSPS) is 12.6. The minimum Gasteiger partial charge on any atom is -0.455 e. The molecule has 0 spiro atoms. The van der Waals surface area contributed by atoms with Crippen LogP contribution in [0, 0.1) is 0 Å². The minimum absolute atomic E-state index is 0.111. The number of furan rings is 1. The van der Waals surface area contributed by atoms with Crippen molar-refractivity contribution in [1.29, 1.82) is 0 Å². The van der Waals surface area contributed by atoms with Gasteiger partial charge in [0, 0.05) is 60.3 Å². The van der Waals surface area contributed by atoms with E-state index in [0.29, 0.717) is 34.9 Å². The van der Waals surface area contributed by atoms with Crippen LogP contribution in [0.5, 0.6) is 0 Å². The number of rotatable bonds is 6. The largest absolute Gasteiger partial charge is 0.455 e. The summed E-state index contributed by atoms with van der Waals surface area (Å²) in [6.07, 6.45) is 0. The molecule has 20 rings (SSSR count). The predicted octanol–water partition coefficient (Wildman–Crippen LogP) is 23.2. The van der Waals surface area contributed by atoms with Crippen LogP contribution < -0.4 is 0 Å². The summed E-state index contributed by atoms with van der Waals surface area (Å²) in [6, 6.07) is 107. The molecule has 0 radical (unpaired) electrons. The van der Waals surface area contributed by atoms with Crippen LogP contribution in [-0.4, -0.2) is 29.9 Å². The Morgan fingerprint density at radius 3 is 1.16 bits per heavy atom. The maximum absolute atomic E-state index is 6.53. The number of nitrogens with zero attached hydrogens (tertiary/aromatic N) is 6. The molecule has 0 N–H and O–H groups in total. The first-order valence-electron chi connectivity index (χ1n) is 32.7. The van der Waals surface area contributed by atoms with Crippen molar-refractivity contribution in [1.82, 2.24) is 29.9 Å². The van der Waals surface area contributed by atoms with E-state index in [1.165, 1.54) is 81.5 Å². The fourth-order valence-corrected chi connectivity index (χ4v) is 15.2. The maximum Gasteiger partial charge on any atom is 0.164 e. The van der Waals surface area contributed by atoms with Crippen LogP contribution in [0.3, 0.4) is 0 Å². The summed E-state index contributed by atoms with van der Waals surface area (Å²) >= 11 is 0. The highest BCUT2D eigenvalue weighted by Gasteiger charge is 2.38. The Bertz CT molecular complexity index is 6440. The van der Waals surface area contributed by atoms with Gasteiger partial charge < -0.3 is 4.42 Å². The van der Waals surface area contributed by atoms with Crippen LogP contribution in [0.2, 0.25) is 0 Å². The van der Waals surface area contributed by atoms with Crippen molar-refractivity contribution in [2.75, 3.05) is 0 Å². The number of aromatic nitrogens is 6. The van der Waals surface area contributed by atoms with Gasteiger partial charge in [-0.2, -0.15) is 0 Å². The van der Waals surface area contributed by atoms with Crippen LogP contribution in [0.1, 0.15) is 25.0 Å². The Kier molecular flexibility index (Phi) is 12.5. The van der Waals surface area contributed by atoms with E-state index in [1.54, 1.807) is 0 Å². The maximum atomic E-state index is 6.53. The summed E-state index contributed by atoms with van der Waals surface area (Å²) in [5.41, 5.74) is 13.0. The van der Waals surface area contributed by atoms with Crippen molar-refractivity contribution in [2.24, 2.45) is 0 Å². The first-order chi connectivity index (χ1) is 47.3. The van der Waals surface area contributed by atoms with Crippen LogP contribution in [-0.2, 0) is 5.41 Å². The molecule has 3 heterocycles. The summed E-state index contributed by atoms with van der Waals surface area (Å²) in [5, 5.41) is 21.6.